The Kier molecular flexibility index (Phi) is 5.68. The molecule has 0 atom stereocenters. The highest BCUT2D eigenvalue weighted by atomic mass is 32.2. The first-order valence-electron chi connectivity index (χ1n) is 8.01. The quantitative estimate of drug-likeness (QED) is 0.460. The molecule has 0 aliphatic rings. The van der Waals surface area contributed by atoms with Crippen molar-refractivity contribution in [3.63, 3.8) is 0 Å². The zero-order valence-electron chi connectivity index (χ0n) is 14.4. The number of rotatable bonds is 7. The van der Waals surface area contributed by atoms with Crippen molar-refractivity contribution in [2.75, 3.05) is 10.0 Å². The normalized spacial score (nSPS) is 11.8. The van der Waals surface area contributed by atoms with Crippen LogP contribution in [0.5, 0.6) is 0 Å². The smallest absolute Gasteiger partial charge is 0.263 e. The molecule has 0 unspecified atom stereocenters. The van der Waals surface area contributed by atoms with Crippen molar-refractivity contribution in [1.82, 2.24) is 4.98 Å². The Bertz CT molecular complexity index is 1040. The lowest BCUT2D eigenvalue weighted by atomic mass is 10.1. The maximum Gasteiger partial charge on any atom is 0.263 e. The predicted molar refractivity (Wildman–Crippen MR) is 108 cm³/mol. The number of carbonyl (C=O) groups excluding carboxylic acids is 1. The first-order chi connectivity index (χ1) is 12.9. The van der Waals surface area contributed by atoms with Gasteiger partial charge in [-0.3, -0.25) is 9.52 Å². The summed E-state index contributed by atoms with van der Waals surface area (Å²) in [6, 6.07) is 15.2. The highest BCUT2D eigenvalue weighted by molar-refractivity contribution is 7.93. The largest absolute Gasteiger partial charge is 0.359 e. The molecule has 1 heterocycles. The molecule has 0 spiro atoms. The molecule has 2 aromatic carbocycles. The van der Waals surface area contributed by atoms with Gasteiger partial charge in [0.05, 0.1) is 4.90 Å². The summed E-state index contributed by atoms with van der Waals surface area (Å²) in [6.07, 6.45) is 3.03. The Morgan fingerprint density at radius 2 is 1.78 bits per heavy atom. The van der Waals surface area contributed by atoms with E-state index in [1.165, 1.54) is 35.7 Å². The van der Waals surface area contributed by atoms with E-state index in [2.05, 4.69) is 15.0 Å². The zero-order valence-corrected chi connectivity index (χ0v) is 16.0. The molecule has 1 aromatic heterocycles. The van der Waals surface area contributed by atoms with Gasteiger partial charge in [-0.1, -0.05) is 30.3 Å². The minimum absolute atomic E-state index is 0.104. The number of nitrogens with zero attached hydrogens (tertiary/aromatic N) is 1. The monoisotopic (exact) mass is 399 g/mol. The molecule has 3 aromatic rings. The molecule has 0 fully saturated rings. The highest BCUT2D eigenvalue weighted by Gasteiger charge is 2.15. The molecule has 0 amide bonds. The summed E-state index contributed by atoms with van der Waals surface area (Å²) < 4.78 is 27.1. The minimum Gasteiger partial charge on any atom is -0.359 e. The third-order valence-electron chi connectivity index (χ3n) is 3.57. The molecule has 0 aliphatic heterocycles. The van der Waals surface area contributed by atoms with Gasteiger partial charge in [0.15, 0.2) is 10.9 Å². The van der Waals surface area contributed by atoms with E-state index in [9.17, 15) is 13.2 Å². The molecule has 0 radical (unpaired) electrons. The van der Waals surface area contributed by atoms with Crippen molar-refractivity contribution in [3.05, 3.63) is 83.5 Å². The summed E-state index contributed by atoms with van der Waals surface area (Å²) in [5, 5.41) is 5.09. The maximum absolute atomic E-state index is 12.3. The van der Waals surface area contributed by atoms with Gasteiger partial charge in [0.2, 0.25) is 0 Å². The van der Waals surface area contributed by atoms with Crippen LogP contribution in [0.25, 0.3) is 0 Å². The number of allylic oxidation sites excluding steroid dienone is 2. The highest BCUT2D eigenvalue weighted by Crippen LogP contribution is 2.20. The van der Waals surface area contributed by atoms with E-state index in [0.717, 1.165) is 0 Å². The maximum atomic E-state index is 12.3. The Balaban J connectivity index is 1.68. The van der Waals surface area contributed by atoms with Crippen LogP contribution in [0.4, 0.5) is 10.8 Å². The molecule has 0 aliphatic carbocycles. The summed E-state index contributed by atoms with van der Waals surface area (Å²) in [5.41, 5.74) is 1.94. The Labute approximate surface area is 161 Å². The lowest BCUT2D eigenvalue weighted by Gasteiger charge is -2.09. The van der Waals surface area contributed by atoms with Crippen molar-refractivity contribution >= 4 is 38.0 Å². The van der Waals surface area contributed by atoms with Crippen LogP contribution in [0, 0.1) is 0 Å². The van der Waals surface area contributed by atoms with E-state index < -0.39 is 10.0 Å². The average Bonchev–Trinajstić information content (AvgIpc) is 3.15. The van der Waals surface area contributed by atoms with E-state index in [0.29, 0.717) is 22.1 Å². The van der Waals surface area contributed by atoms with Gasteiger partial charge in [-0.05, 0) is 31.2 Å². The Hall–Kier alpha value is -2.97. The summed E-state index contributed by atoms with van der Waals surface area (Å²) >= 11 is 1.21. The minimum atomic E-state index is -3.68. The first-order valence-corrected chi connectivity index (χ1v) is 10.4. The SMILES string of the molecule is C/C(=C/C(=O)c1ccccc1)Nc1ccc(S(=O)(=O)Nc2nccs2)cc1. The number of sulfonamides is 1. The summed E-state index contributed by atoms with van der Waals surface area (Å²) in [6.45, 7) is 1.77. The number of hydrogen-bond donors (Lipinski definition) is 2. The fourth-order valence-electron chi connectivity index (χ4n) is 2.31. The number of aromatic nitrogens is 1. The number of nitrogens with one attached hydrogen (secondary N) is 2. The second-order valence-electron chi connectivity index (χ2n) is 5.65. The predicted octanol–water partition coefficient (Wildman–Crippen LogP) is 4.14. The van der Waals surface area contributed by atoms with Gasteiger partial charge in [-0.25, -0.2) is 13.4 Å². The molecule has 0 saturated heterocycles. The second-order valence-corrected chi connectivity index (χ2v) is 8.23. The van der Waals surface area contributed by atoms with Gasteiger partial charge >= 0.3 is 0 Å². The van der Waals surface area contributed by atoms with Gasteiger partial charge < -0.3 is 5.32 Å². The average molecular weight is 399 g/mol. The van der Waals surface area contributed by atoms with Crippen molar-refractivity contribution in [3.8, 4) is 0 Å². The first kappa shape index (κ1) is 18.8. The molecule has 8 heteroatoms. The number of carbonyl (C=O) groups is 1. The topological polar surface area (TPSA) is 88.2 Å². The third kappa shape index (κ3) is 5.02. The van der Waals surface area contributed by atoms with Crippen molar-refractivity contribution in [2.45, 2.75) is 11.8 Å². The van der Waals surface area contributed by atoms with Crippen LogP contribution in [0.3, 0.4) is 0 Å². The lowest BCUT2D eigenvalue weighted by Crippen LogP contribution is -2.12. The van der Waals surface area contributed by atoms with Crippen LogP contribution in [-0.4, -0.2) is 19.2 Å². The van der Waals surface area contributed by atoms with Crippen molar-refractivity contribution in [1.29, 1.82) is 0 Å². The summed E-state index contributed by atoms with van der Waals surface area (Å²) in [7, 11) is -3.68. The van der Waals surface area contributed by atoms with Crippen LogP contribution in [-0.2, 0) is 10.0 Å². The van der Waals surface area contributed by atoms with E-state index in [1.54, 1.807) is 36.6 Å². The van der Waals surface area contributed by atoms with Gasteiger partial charge in [-0.2, -0.15) is 0 Å². The molecule has 138 valence electrons. The molecule has 0 bridgehead atoms. The number of hydrogen-bond acceptors (Lipinski definition) is 6. The molecule has 0 saturated carbocycles. The van der Waals surface area contributed by atoms with E-state index in [4.69, 9.17) is 0 Å². The van der Waals surface area contributed by atoms with Gasteiger partial charge in [0.25, 0.3) is 10.0 Å². The molecule has 6 nitrogen and oxygen atoms in total. The lowest BCUT2D eigenvalue weighted by molar-refractivity contribution is 0.104. The number of ketones is 1. The van der Waals surface area contributed by atoms with E-state index >= 15 is 0 Å². The van der Waals surface area contributed by atoms with Crippen LogP contribution in [0.2, 0.25) is 0 Å². The van der Waals surface area contributed by atoms with Crippen LogP contribution >= 0.6 is 11.3 Å². The van der Waals surface area contributed by atoms with E-state index in [1.807, 2.05) is 18.2 Å². The fourth-order valence-corrected chi connectivity index (χ4v) is 4.10. The van der Waals surface area contributed by atoms with Gasteiger partial charge in [-0.15, -0.1) is 11.3 Å². The number of thiazole rings is 1. The van der Waals surface area contributed by atoms with Crippen molar-refractivity contribution in [2.24, 2.45) is 0 Å². The Morgan fingerprint density at radius 1 is 1.07 bits per heavy atom. The number of anilines is 2. The molecule has 2 N–H and O–H groups in total. The third-order valence-corrected chi connectivity index (χ3v) is 5.74. The fraction of sp³-hybridized carbons (Fsp3) is 0.0526. The Morgan fingerprint density at radius 3 is 2.41 bits per heavy atom. The van der Waals surface area contributed by atoms with Crippen LogP contribution in [0.15, 0.2) is 82.8 Å². The van der Waals surface area contributed by atoms with Gasteiger partial charge in [0.1, 0.15) is 0 Å². The zero-order chi connectivity index (χ0) is 19.3. The van der Waals surface area contributed by atoms with Crippen molar-refractivity contribution < 1.29 is 13.2 Å². The molecular formula is C19H17N3O3S2. The second kappa shape index (κ2) is 8.15. The molecular weight excluding hydrogens is 382 g/mol. The summed E-state index contributed by atoms with van der Waals surface area (Å²) in [4.78, 5) is 16.2. The molecule has 27 heavy (non-hydrogen) atoms. The molecule has 3 rings (SSSR count). The van der Waals surface area contributed by atoms with E-state index in [-0.39, 0.29) is 10.7 Å². The van der Waals surface area contributed by atoms with Gasteiger partial charge in [0, 0.05) is 34.6 Å². The standard InChI is InChI=1S/C19H17N3O3S2/c1-14(13-18(23)15-5-3-2-4-6-15)21-16-7-9-17(10-8-16)27(24,25)22-19-20-11-12-26-19/h2-13,21H,1H3,(H,20,22)/b14-13-. The van der Waals surface area contributed by atoms with Crippen LogP contribution in [0.1, 0.15) is 17.3 Å². The number of benzene rings is 2. The summed E-state index contributed by atoms with van der Waals surface area (Å²) in [5.74, 6) is -0.104. The van der Waals surface area contributed by atoms with Crippen LogP contribution < -0.4 is 10.0 Å².